The number of nitrogens with two attached hydrogens (primary N) is 1. The molecule has 2 atom stereocenters. The van der Waals surface area contributed by atoms with E-state index < -0.39 is 11.7 Å². The van der Waals surface area contributed by atoms with E-state index in [0.717, 1.165) is 12.1 Å². The Morgan fingerprint density at radius 1 is 1.24 bits per heavy atom. The summed E-state index contributed by atoms with van der Waals surface area (Å²) >= 11 is 0. The van der Waals surface area contributed by atoms with Crippen LogP contribution in [0.1, 0.15) is 37.3 Å². The summed E-state index contributed by atoms with van der Waals surface area (Å²) in [6.07, 6.45) is -4.12. The smallest absolute Gasteiger partial charge is 0.352 e. The Kier molecular flexibility index (Phi) is 7.74. The zero-order valence-electron chi connectivity index (χ0n) is 11.9. The van der Waals surface area contributed by atoms with Gasteiger partial charge >= 0.3 is 6.18 Å². The van der Waals surface area contributed by atoms with Crippen molar-refractivity contribution in [1.82, 2.24) is 5.32 Å². The molecule has 1 amide bonds. The molecule has 7 heteroatoms. The Labute approximate surface area is 128 Å². The van der Waals surface area contributed by atoms with Crippen LogP contribution in [0.5, 0.6) is 0 Å². The fourth-order valence-electron chi connectivity index (χ4n) is 1.79. The Morgan fingerprint density at radius 2 is 1.76 bits per heavy atom. The maximum Gasteiger partial charge on any atom is 0.416 e. The lowest BCUT2D eigenvalue weighted by atomic mass is 9.96. The van der Waals surface area contributed by atoms with Gasteiger partial charge in [-0.2, -0.15) is 13.2 Å². The third-order valence-electron chi connectivity index (χ3n) is 3.06. The van der Waals surface area contributed by atoms with Crippen molar-refractivity contribution >= 4 is 18.3 Å². The number of alkyl halides is 3. The van der Waals surface area contributed by atoms with E-state index in [9.17, 15) is 18.0 Å². The van der Waals surface area contributed by atoms with Crippen molar-refractivity contribution in [1.29, 1.82) is 0 Å². The number of hydrogen-bond acceptors (Lipinski definition) is 2. The summed E-state index contributed by atoms with van der Waals surface area (Å²) in [6.45, 7) is 3.94. The van der Waals surface area contributed by atoms with Crippen LogP contribution in [-0.2, 0) is 11.0 Å². The highest BCUT2D eigenvalue weighted by molar-refractivity contribution is 5.85. The van der Waals surface area contributed by atoms with Gasteiger partial charge in [-0.25, -0.2) is 0 Å². The van der Waals surface area contributed by atoms with Crippen molar-refractivity contribution in [2.75, 3.05) is 6.54 Å². The van der Waals surface area contributed by atoms with Crippen molar-refractivity contribution in [2.24, 2.45) is 5.73 Å². The van der Waals surface area contributed by atoms with Crippen LogP contribution in [0.15, 0.2) is 24.3 Å². The molecule has 1 rings (SSSR count). The minimum Gasteiger partial charge on any atom is -0.352 e. The predicted octanol–water partition coefficient (Wildman–Crippen LogP) is 3.08. The summed E-state index contributed by atoms with van der Waals surface area (Å²) < 4.78 is 37.3. The van der Waals surface area contributed by atoms with E-state index in [4.69, 9.17) is 5.73 Å². The predicted molar refractivity (Wildman–Crippen MR) is 78.4 cm³/mol. The second-order valence-electron chi connectivity index (χ2n) is 4.93. The van der Waals surface area contributed by atoms with Crippen LogP contribution in [0.4, 0.5) is 13.2 Å². The van der Waals surface area contributed by atoms with Gasteiger partial charge in [-0.15, -0.1) is 12.4 Å². The maximum absolute atomic E-state index is 12.4. The second kappa shape index (κ2) is 8.24. The molecule has 21 heavy (non-hydrogen) atoms. The van der Waals surface area contributed by atoms with E-state index in [-0.39, 0.29) is 36.7 Å². The highest BCUT2D eigenvalue weighted by Gasteiger charge is 2.30. The number of carbonyl (C=O) groups is 1. The van der Waals surface area contributed by atoms with Gasteiger partial charge in [-0.05, 0) is 30.5 Å². The van der Waals surface area contributed by atoms with Gasteiger partial charge in [0.2, 0.25) is 5.91 Å². The summed E-state index contributed by atoms with van der Waals surface area (Å²) in [7, 11) is 0. The third-order valence-corrected chi connectivity index (χ3v) is 3.06. The minimum atomic E-state index is -4.34. The lowest BCUT2D eigenvalue weighted by Gasteiger charge is -2.16. The molecule has 120 valence electrons. The van der Waals surface area contributed by atoms with Gasteiger partial charge in [0.05, 0.1) is 5.56 Å². The molecule has 3 N–H and O–H groups in total. The lowest BCUT2D eigenvalue weighted by Crippen LogP contribution is -2.38. The van der Waals surface area contributed by atoms with E-state index in [1.54, 1.807) is 13.8 Å². The van der Waals surface area contributed by atoms with Gasteiger partial charge in [0, 0.05) is 19.0 Å². The van der Waals surface area contributed by atoms with Crippen molar-refractivity contribution < 1.29 is 18.0 Å². The Morgan fingerprint density at radius 3 is 2.19 bits per heavy atom. The number of rotatable bonds is 5. The maximum atomic E-state index is 12.4. The van der Waals surface area contributed by atoms with E-state index in [1.165, 1.54) is 12.1 Å². The molecular weight excluding hydrogens is 305 g/mol. The van der Waals surface area contributed by atoms with Crippen LogP contribution in [0.2, 0.25) is 0 Å². The fourth-order valence-corrected chi connectivity index (χ4v) is 1.79. The second-order valence-corrected chi connectivity index (χ2v) is 4.93. The molecule has 0 aliphatic rings. The largest absolute Gasteiger partial charge is 0.416 e. The number of benzene rings is 1. The summed E-state index contributed by atoms with van der Waals surface area (Å²) in [6, 6.07) is 4.78. The van der Waals surface area contributed by atoms with Gasteiger partial charge in [0.15, 0.2) is 0 Å². The first-order valence-corrected chi connectivity index (χ1v) is 6.40. The Hall–Kier alpha value is -1.27. The first-order valence-electron chi connectivity index (χ1n) is 6.40. The summed E-state index contributed by atoms with van der Waals surface area (Å²) in [5.74, 6) is -0.308. The molecule has 3 nitrogen and oxygen atoms in total. The first-order chi connectivity index (χ1) is 9.24. The van der Waals surface area contributed by atoms with Crippen LogP contribution < -0.4 is 11.1 Å². The SMILES string of the molecule is CC(CC(=O)N[C@@H](C)CN)c1ccc(C(F)(F)F)cc1.Cl. The molecule has 0 heterocycles. The summed E-state index contributed by atoms with van der Waals surface area (Å²) in [5.41, 5.74) is 5.42. The topological polar surface area (TPSA) is 55.1 Å². The minimum absolute atomic E-state index is 0. The molecule has 0 saturated heterocycles. The molecule has 0 aliphatic carbocycles. The average molecular weight is 325 g/mol. The zero-order chi connectivity index (χ0) is 15.3. The summed E-state index contributed by atoms with van der Waals surface area (Å²) in [5, 5.41) is 2.72. The molecular formula is C14H20ClF3N2O. The first kappa shape index (κ1) is 19.7. The van der Waals surface area contributed by atoms with Crippen LogP contribution >= 0.6 is 12.4 Å². The molecule has 1 unspecified atom stereocenters. The van der Waals surface area contributed by atoms with Crippen molar-refractivity contribution in [3.05, 3.63) is 35.4 Å². The highest BCUT2D eigenvalue weighted by atomic mass is 35.5. The Balaban J connectivity index is 0.00000400. The van der Waals surface area contributed by atoms with E-state index in [0.29, 0.717) is 12.1 Å². The molecule has 0 aliphatic heterocycles. The molecule has 1 aromatic rings. The van der Waals surface area contributed by atoms with E-state index in [2.05, 4.69) is 5.32 Å². The molecule has 0 saturated carbocycles. The third kappa shape index (κ3) is 6.35. The molecule has 0 fully saturated rings. The van der Waals surface area contributed by atoms with Crippen LogP contribution in [0.3, 0.4) is 0 Å². The normalized spacial score (nSPS) is 14.0. The summed E-state index contributed by atoms with van der Waals surface area (Å²) in [4.78, 5) is 11.7. The molecule has 0 radical (unpaired) electrons. The van der Waals surface area contributed by atoms with E-state index >= 15 is 0 Å². The lowest BCUT2D eigenvalue weighted by molar-refractivity contribution is -0.137. The standard InChI is InChI=1S/C14H19F3N2O.ClH/c1-9(7-13(20)19-10(2)8-18)11-3-5-12(6-4-11)14(15,16)17;/h3-6,9-10H,7-8,18H2,1-2H3,(H,19,20);1H/t9?,10-;/m0./s1. The number of amides is 1. The van der Waals surface area contributed by atoms with Gasteiger partial charge in [-0.1, -0.05) is 19.1 Å². The number of carbonyl (C=O) groups excluding carboxylic acids is 1. The van der Waals surface area contributed by atoms with Crippen molar-refractivity contribution in [3.63, 3.8) is 0 Å². The quantitative estimate of drug-likeness (QED) is 0.874. The van der Waals surface area contributed by atoms with Gasteiger partial charge in [0.25, 0.3) is 0 Å². The van der Waals surface area contributed by atoms with Gasteiger partial charge in [-0.3, -0.25) is 4.79 Å². The van der Waals surface area contributed by atoms with Crippen LogP contribution in [0.25, 0.3) is 0 Å². The average Bonchev–Trinajstić information content (AvgIpc) is 2.37. The van der Waals surface area contributed by atoms with Crippen molar-refractivity contribution in [2.45, 2.75) is 38.4 Å². The van der Waals surface area contributed by atoms with Crippen LogP contribution in [0, 0.1) is 0 Å². The molecule has 1 aromatic carbocycles. The molecule has 0 bridgehead atoms. The highest BCUT2D eigenvalue weighted by Crippen LogP contribution is 2.30. The van der Waals surface area contributed by atoms with E-state index in [1.807, 2.05) is 0 Å². The molecule has 0 spiro atoms. The van der Waals surface area contributed by atoms with Crippen molar-refractivity contribution in [3.8, 4) is 0 Å². The fraction of sp³-hybridized carbons (Fsp3) is 0.500. The monoisotopic (exact) mass is 324 g/mol. The molecule has 0 aromatic heterocycles. The van der Waals surface area contributed by atoms with Crippen LogP contribution in [-0.4, -0.2) is 18.5 Å². The Bertz CT molecular complexity index is 449. The zero-order valence-corrected chi connectivity index (χ0v) is 12.7. The number of hydrogen-bond donors (Lipinski definition) is 2. The van der Waals surface area contributed by atoms with Gasteiger partial charge in [0.1, 0.15) is 0 Å². The number of nitrogens with one attached hydrogen (secondary N) is 1. The van der Waals surface area contributed by atoms with Gasteiger partial charge < -0.3 is 11.1 Å². The number of halogens is 4.